The number of fused-ring (bicyclic) bond motifs is 1. The summed E-state index contributed by atoms with van der Waals surface area (Å²) in [6, 6.07) is 5.14. The molecule has 3 heteroatoms. The SMILES string of the molecule is O=c1cccc2n1OCC2. The maximum absolute atomic E-state index is 10.9. The number of rotatable bonds is 0. The van der Waals surface area contributed by atoms with Gasteiger partial charge < -0.3 is 4.84 Å². The molecule has 1 aromatic rings. The van der Waals surface area contributed by atoms with Gasteiger partial charge in [0.05, 0.1) is 5.69 Å². The van der Waals surface area contributed by atoms with E-state index < -0.39 is 0 Å². The lowest BCUT2D eigenvalue weighted by Gasteiger charge is -1.98. The van der Waals surface area contributed by atoms with Gasteiger partial charge in [-0.05, 0) is 6.07 Å². The second-order valence-corrected chi connectivity index (χ2v) is 2.23. The zero-order valence-electron chi connectivity index (χ0n) is 5.41. The van der Waals surface area contributed by atoms with Gasteiger partial charge in [0.1, 0.15) is 6.61 Å². The van der Waals surface area contributed by atoms with E-state index in [2.05, 4.69) is 0 Å². The van der Waals surface area contributed by atoms with Crippen LogP contribution in [-0.2, 0) is 6.42 Å². The lowest BCUT2D eigenvalue weighted by Crippen LogP contribution is -2.22. The van der Waals surface area contributed by atoms with E-state index in [4.69, 9.17) is 4.84 Å². The summed E-state index contributed by atoms with van der Waals surface area (Å²) in [5.74, 6) is 0. The summed E-state index contributed by atoms with van der Waals surface area (Å²) in [6.07, 6.45) is 0.843. The molecule has 2 heterocycles. The minimum Gasteiger partial charge on any atom is -0.410 e. The van der Waals surface area contributed by atoms with Gasteiger partial charge in [0.2, 0.25) is 0 Å². The molecule has 0 unspecified atom stereocenters. The molecular weight excluding hydrogens is 130 g/mol. The first kappa shape index (κ1) is 5.53. The standard InChI is InChI=1S/C7H7NO2/c9-7-3-1-2-6-4-5-10-8(6)7/h1-3H,4-5H2. The van der Waals surface area contributed by atoms with Crippen molar-refractivity contribution in [2.24, 2.45) is 0 Å². The largest absolute Gasteiger partial charge is 0.410 e. The van der Waals surface area contributed by atoms with Crippen molar-refractivity contribution in [1.82, 2.24) is 4.73 Å². The topological polar surface area (TPSA) is 31.2 Å². The van der Waals surface area contributed by atoms with Crippen LogP contribution >= 0.6 is 0 Å². The molecule has 0 amide bonds. The molecule has 0 spiro atoms. The minimum atomic E-state index is -0.0741. The fourth-order valence-corrected chi connectivity index (χ4v) is 1.09. The average Bonchev–Trinajstić information content (AvgIpc) is 2.36. The molecule has 0 aromatic carbocycles. The van der Waals surface area contributed by atoms with Crippen LogP contribution in [-0.4, -0.2) is 11.3 Å². The quantitative estimate of drug-likeness (QED) is 0.497. The molecule has 0 radical (unpaired) electrons. The third-order valence-electron chi connectivity index (χ3n) is 1.57. The molecule has 1 aliphatic heterocycles. The number of pyridine rings is 1. The molecule has 0 N–H and O–H groups in total. The van der Waals surface area contributed by atoms with E-state index in [0.29, 0.717) is 6.61 Å². The second kappa shape index (κ2) is 1.87. The van der Waals surface area contributed by atoms with Gasteiger partial charge >= 0.3 is 0 Å². The third-order valence-corrected chi connectivity index (χ3v) is 1.57. The molecule has 0 bridgehead atoms. The Hall–Kier alpha value is -1.25. The average molecular weight is 137 g/mol. The molecule has 0 atom stereocenters. The normalized spacial score (nSPS) is 14.4. The highest BCUT2D eigenvalue weighted by Crippen LogP contribution is 2.01. The Morgan fingerprint density at radius 1 is 1.50 bits per heavy atom. The summed E-state index contributed by atoms with van der Waals surface area (Å²) >= 11 is 0. The van der Waals surface area contributed by atoms with Crippen molar-refractivity contribution < 1.29 is 4.84 Å². The summed E-state index contributed by atoms with van der Waals surface area (Å²) in [4.78, 5) is 16.0. The first-order valence-electron chi connectivity index (χ1n) is 3.22. The van der Waals surface area contributed by atoms with Crippen LogP contribution < -0.4 is 10.4 Å². The summed E-state index contributed by atoms with van der Waals surface area (Å²) in [5, 5.41) is 0. The molecule has 1 aliphatic rings. The first-order chi connectivity index (χ1) is 4.88. The maximum Gasteiger partial charge on any atom is 0.283 e. The second-order valence-electron chi connectivity index (χ2n) is 2.23. The molecule has 0 fully saturated rings. The van der Waals surface area contributed by atoms with Gasteiger partial charge in [-0.25, -0.2) is 0 Å². The third kappa shape index (κ3) is 0.635. The first-order valence-corrected chi connectivity index (χ1v) is 3.22. The molecule has 52 valence electrons. The molecule has 3 nitrogen and oxygen atoms in total. The highest BCUT2D eigenvalue weighted by molar-refractivity contribution is 5.07. The van der Waals surface area contributed by atoms with Gasteiger partial charge in [0.25, 0.3) is 5.56 Å². The van der Waals surface area contributed by atoms with E-state index in [9.17, 15) is 4.79 Å². The van der Waals surface area contributed by atoms with Crippen molar-refractivity contribution in [1.29, 1.82) is 0 Å². The van der Waals surface area contributed by atoms with Gasteiger partial charge in [0.15, 0.2) is 0 Å². The Labute approximate surface area is 57.8 Å². The Bertz CT molecular complexity index is 303. The Morgan fingerprint density at radius 3 is 3.20 bits per heavy atom. The predicted molar refractivity (Wildman–Crippen MR) is 35.9 cm³/mol. The van der Waals surface area contributed by atoms with Crippen molar-refractivity contribution in [2.75, 3.05) is 6.61 Å². The van der Waals surface area contributed by atoms with E-state index in [1.165, 1.54) is 10.8 Å². The maximum atomic E-state index is 10.9. The molecule has 1 aromatic heterocycles. The van der Waals surface area contributed by atoms with Gasteiger partial charge in [0, 0.05) is 12.5 Å². The Morgan fingerprint density at radius 2 is 2.40 bits per heavy atom. The molecule has 0 aliphatic carbocycles. The minimum absolute atomic E-state index is 0.0741. The molecule has 0 saturated heterocycles. The predicted octanol–water partition coefficient (Wildman–Crippen LogP) is -0.167. The number of hydrogen-bond acceptors (Lipinski definition) is 2. The van der Waals surface area contributed by atoms with E-state index in [0.717, 1.165) is 12.1 Å². The van der Waals surface area contributed by atoms with E-state index in [1.807, 2.05) is 6.07 Å². The summed E-state index contributed by atoms with van der Waals surface area (Å²) in [6.45, 7) is 0.624. The Kier molecular flexibility index (Phi) is 1.03. The van der Waals surface area contributed by atoms with Gasteiger partial charge in [-0.15, -0.1) is 4.73 Å². The molecule has 2 rings (SSSR count). The zero-order chi connectivity index (χ0) is 6.97. The molecule has 10 heavy (non-hydrogen) atoms. The van der Waals surface area contributed by atoms with Gasteiger partial charge in [-0.2, -0.15) is 0 Å². The van der Waals surface area contributed by atoms with Gasteiger partial charge in [-0.1, -0.05) is 6.07 Å². The van der Waals surface area contributed by atoms with E-state index in [-0.39, 0.29) is 5.56 Å². The lowest BCUT2D eigenvalue weighted by atomic mass is 10.3. The smallest absolute Gasteiger partial charge is 0.283 e. The van der Waals surface area contributed by atoms with Crippen molar-refractivity contribution >= 4 is 0 Å². The molecule has 0 saturated carbocycles. The van der Waals surface area contributed by atoms with Crippen LogP contribution in [0.1, 0.15) is 5.69 Å². The number of nitrogens with zero attached hydrogens (tertiary/aromatic N) is 1. The zero-order valence-corrected chi connectivity index (χ0v) is 5.41. The summed E-state index contributed by atoms with van der Waals surface area (Å²) in [5.41, 5.74) is 0.891. The lowest BCUT2D eigenvalue weighted by molar-refractivity contribution is 0.141. The van der Waals surface area contributed by atoms with Crippen LogP contribution in [0.25, 0.3) is 0 Å². The van der Waals surface area contributed by atoms with E-state index >= 15 is 0 Å². The summed E-state index contributed by atoms with van der Waals surface area (Å²) in [7, 11) is 0. The highest BCUT2D eigenvalue weighted by Gasteiger charge is 2.10. The number of hydrogen-bond donors (Lipinski definition) is 0. The monoisotopic (exact) mass is 137 g/mol. The Balaban J connectivity index is 2.70. The highest BCUT2D eigenvalue weighted by atomic mass is 16.7. The van der Waals surface area contributed by atoms with Crippen LogP contribution in [0.3, 0.4) is 0 Å². The summed E-state index contributed by atoms with van der Waals surface area (Å²) < 4.78 is 1.35. The van der Waals surface area contributed by atoms with Crippen LogP contribution in [0.2, 0.25) is 0 Å². The van der Waals surface area contributed by atoms with Crippen LogP contribution in [0.4, 0.5) is 0 Å². The van der Waals surface area contributed by atoms with Crippen molar-refractivity contribution in [3.8, 4) is 0 Å². The van der Waals surface area contributed by atoms with Gasteiger partial charge in [-0.3, -0.25) is 4.79 Å². The number of aromatic nitrogens is 1. The van der Waals surface area contributed by atoms with Crippen molar-refractivity contribution in [3.05, 3.63) is 34.2 Å². The van der Waals surface area contributed by atoms with Crippen LogP contribution in [0, 0.1) is 0 Å². The van der Waals surface area contributed by atoms with Crippen LogP contribution in [0.5, 0.6) is 0 Å². The van der Waals surface area contributed by atoms with E-state index in [1.54, 1.807) is 6.07 Å². The fourth-order valence-electron chi connectivity index (χ4n) is 1.09. The van der Waals surface area contributed by atoms with Crippen molar-refractivity contribution in [2.45, 2.75) is 6.42 Å². The fraction of sp³-hybridized carbons (Fsp3) is 0.286. The molecular formula is C7H7NO2. The van der Waals surface area contributed by atoms with Crippen molar-refractivity contribution in [3.63, 3.8) is 0 Å². The van der Waals surface area contributed by atoms with Crippen LogP contribution in [0.15, 0.2) is 23.0 Å².